The first-order chi connectivity index (χ1) is 12.8. The monoisotopic (exact) mass is 366 g/mol. The molecule has 5 nitrogen and oxygen atoms in total. The molecular formula is C20H18N2O3S. The van der Waals surface area contributed by atoms with Gasteiger partial charge in [0.25, 0.3) is 0 Å². The molecule has 0 aliphatic carbocycles. The third-order valence-electron chi connectivity index (χ3n) is 4.01. The number of rotatable bonds is 5. The molecule has 1 aromatic heterocycles. The number of nitrogens with zero attached hydrogens (tertiary/aromatic N) is 1. The van der Waals surface area contributed by atoms with Crippen molar-refractivity contribution in [2.45, 2.75) is 6.42 Å². The fourth-order valence-electron chi connectivity index (χ4n) is 2.74. The second kappa shape index (κ2) is 7.58. The van der Waals surface area contributed by atoms with Gasteiger partial charge in [-0.3, -0.25) is 4.79 Å². The Morgan fingerprint density at radius 1 is 1.15 bits per heavy atom. The Labute approximate surface area is 155 Å². The molecule has 1 aliphatic heterocycles. The van der Waals surface area contributed by atoms with Crippen LogP contribution in [-0.4, -0.2) is 30.6 Å². The van der Waals surface area contributed by atoms with E-state index in [9.17, 15) is 4.79 Å². The quantitative estimate of drug-likeness (QED) is 0.703. The first kappa shape index (κ1) is 16.6. The van der Waals surface area contributed by atoms with Crippen LogP contribution in [0, 0.1) is 0 Å². The van der Waals surface area contributed by atoms with E-state index in [4.69, 9.17) is 9.47 Å². The molecule has 0 atom stereocenters. The third-order valence-corrected chi connectivity index (χ3v) is 5.01. The Balaban J connectivity index is 1.30. The number of nitrogens with one attached hydrogen (secondary N) is 1. The van der Waals surface area contributed by atoms with E-state index in [2.05, 4.69) is 10.3 Å². The Bertz CT molecular complexity index is 932. The van der Waals surface area contributed by atoms with Crippen molar-refractivity contribution in [1.29, 1.82) is 0 Å². The Morgan fingerprint density at radius 3 is 2.88 bits per heavy atom. The van der Waals surface area contributed by atoms with Crippen LogP contribution in [0.25, 0.3) is 16.3 Å². The summed E-state index contributed by atoms with van der Waals surface area (Å²) >= 11 is 1.57. The lowest BCUT2D eigenvalue weighted by Gasteiger charge is -2.18. The predicted molar refractivity (Wildman–Crippen MR) is 103 cm³/mol. The van der Waals surface area contributed by atoms with Crippen molar-refractivity contribution >= 4 is 33.5 Å². The van der Waals surface area contributed by atoms with Gasteiger partial charge in [0, 0.05) is 12.6 Å². The number of carbonyl (C=O) groups is 1. The maximum absolute atomic E-state index is 12.0. The molecule has 0 saturated heterocycles. The standard InChI is InChI=1S/C20H18N2O3S/c23-19(7-8-20-22-15-3-1-2-4-18(15)26-20)21-10-9-14-5-6-16-17(13-14)25-12-11-24-16/h1-8,13H,9-12H2,(H,21,23). The van der Waals surface area contributed by atoms with E-state index in [-0.39, 0.29) is 5.91 Å². The number of benzene rings is 2. The van der Waals surface area contributed by atoms with Crippen molar-refractivity contribution in [3.8, 4) is 11.5 Å². The smallest absolute Gasteiger partial charge is 0.244 e. The molecule has 26 heavy (non-hydrogen) atoms. The highest BCUT2D eigenvalue weighted by Crippen LogP contribution is 2.30. The molecule has 0 radical (unpaired) electrons. The van der Waals surface area contributed by atoms with E-state index in [1.165, 1.54) is 6.08 Å². The van der Waals surface area contributed by atoms with Crippen molar-refractivity contribution in [3.05, 3.63) is 59.1 Å². The fraction of sp³-hybridized carbons (Fsp3) is 0.200. The van der Waals surface area contributed by atoms with Crippen LogP contribution in [0.2, 0.25) is 0 Å². The molecule has 4 rings (SSSR count). The van der Waals surface area contributed by atoms with E-state index in [0.717, 1.165) is 38.7 Å². The van der Waals surface area contributed by atoms with Crippen LogP contribution in [0.5, 0.6) is 11.5 Å². The average Bonchev–Trinajstić information content (AvgIpc) is 3.09. The number of hydrogen-bond donors (Lipinski definition) is 1. The maximum Gasteiger partial charge on any atom is 0.244 e. The lowest BCUT2D eigenvalue weighted by Crippen LogP contribution is -2.23. The highest BCUT2D eigenvalue weighted by Gasteiger charge is 2.11. The van der Waals surface area contributed by atoms with Gasteiger partial charge in [-0.15, -0.1) is 11.3 Å². The van der Waals surface area contributed by atoms with E-state index < -0.39 is 0 Å². The van der Waals surface area contributed by atoms with Crippen LogP contribution < -0.4 is 14.8 Å². The van der Waals surface area contributed by atoms with Gasteiger partial charge in [-0.25, -0.2) is 4.98 Å². The normalized spacial score (nSPS) is 13.2. The second-order valence-corrected chi connectivity index (χ2v) is 6.93. The maximum atomic E-state index is 12.0. The highest BCUT2D eigenvalue weighted by atomic mass is 32.1. The number of aromatic nitrogens is 1. The summed E-state index contributed by atoms with van der Waals surface area (Å²) in [4.78, 5) is 16.5. The largest absolute Gasteiger partial charge is 0.486 e. The zero-order chi connectivity index (χ0) is 17.8. The van der Waals surface area contributed by atoms with Crippen molar-refractivity contribution in [1.82, 2.24) is 10.3 Å². The van der Waals surface area contributed by atoms with Crippen LogP contribution in [0.3, 0.4) is 0 Å². The van der Waals surface area contributed by atoms with Crippen molar-refractivity contribution in [3.63, 3.8) is 0 Å². The van der Waals surface area contributed by atoms with Crippen LogP contribution in [-0.2, 0) is 11.2 Å². The number of fused-ring (bicyclic) bond motifs is 2. The highest BCUT2D eigenvalue weighted by molar-refractivity contribution is 7.19. The summed E-state index contributed by atoms with van der Waals surface area (Å²) < 4.78 is 12.2. The molecule has 1 aliphatic rings. The summed E-state index contributed by atoms with van der Waals surface area (Å²) in [6.07, 6.45) is 4.02. The molecule has 0 spiro atoms. The van der Waals surface area contributed by atoms with Crippen LogP contribution in [0.1, 0.15) is 10.6 Å². The molecule has 0 saturated carbocycles. The molecule has 0 fully saturated rings. The van der Waals surface area contributed by atoms with Gasteiger partial charge >= 0.3 is 0 Å². The minimum Gasteiger partial charge on any atom is -0.486 e. The summed E-state index contributed by atoms with van der Waals surface area (Å²) in [6, 6.07) is 13.8. The molecule has 0 bridgehead atoms. The summed E-state index contributed by atoms with van der Waals surface area (Å²) in [5.74, 6) is 1.43. The van der Waals surface area contributed by atoms with Crippen LogP contribution in [0.15, 0.2) is 48.5 Å². The number of ether oxygens (including phenoxy) is 2. The van der Waals surface area contributed by atoms with Crippen molar-refractivity contribution in [2.75, 3.05) is 19.8 Å². The van der Waals surface area contributed by atoms with Crippen molar-refractivity contribution < 1.29 is 14.3 Å². The lowest BCUT2D eigenvalue weighted by molar-refractivity contribution is -0.116. The third kappa shape index (κ3) is 3.86. The number of carbonyl (C=O) groups excluding carboxylic acids is 1. The minimum absolute atomic E-state index is 0.123. The van der Waals surface area contributed by atoms with Crippen LogP contribution >= 0.6 is 11.3 Å². The molecule has 0 unspecified atom stereocenters. The number of para-hydroxylation sites is 1. The van der Waals surface area contributed by atoms with Gasteiger partial charge in [-0.2, -0.15) is 0 Å². The molecule has 1 amide bonds. The molecule has 1 N–H and O–H groups in total. The summed E-state index contributed by atoms with van der Waals surface area (Å²) in [5, 5.41) is 3.72. The number of hydrogen-bond acceptors (Lipinski definition) is 5. The lowest BCUT2D eigenvalue weighted by atomic mass is 10.1. The van der Waals surface area contributed by atoms with Crippen LogP contribution in [0.4, 0.5) is 0 Å². The number of amides is 1. The fourth-order valence-corrected chi connectivity index (χ4v) is 3.61. The van der Waals surface area contributed by atoms with Gasteiger partial charge in [-0.1, -0.05) is 18.2 Å². The van der Waals surface area contributed by atoms with Crippen molar-refractivity contribution in [2.24, 2.45) is 0 Å². The van der Waals surface area contributed by atoms with Gasteiger partial charge in [0.2, 0.25) is 5.91 Å². The Kier molecular flexibility index (Phi) is 4.84. The zero-order valence-corrected chi connectivity index (χ0v) is 14.9. The topological polar surface area (TPSA) is 60.5 Å². The Morgan fingerprint density at radius 2 is 2.00 bits per heavy atom. The first-order valence-corrected chi connectivity index (χ1v) is 9.29. The molecule has 2 aromatic carbocycles. The molecule has 6 heteroatoms. The zero-order valence-electron chi connectivity index (χ0n) is 14.1. The van der Waals surface area contributed by atoms with Gasteiger partial charge in [0.15, 0.2) is 11.5 Å². The first-order valence-electron chi connectivity index (χ1n) is 8.48. The Hall–Kier alpha value is -2.86. The summed E-state index contributed by atoms with van der Waals surface area (Å²) in [6.45, 7) is 1.72. The van der Waals surface area contributed by atoms with Gasteiger partial charge in [0.05, 0.1) is 10.2 Å². The van der Waals surface area contributed by atoms with E-state index in [1.807, 2.05) is 42.5 Å². The van der Waals surface area contributed by atoms with E-state index in [0.29, 0.717) is 19.8 Å². The van der Waals surface area contributed by atoms with E-state index >= 15 is 0 Å². The van der Waals surface area contributed by atoms with Gasteiger partial charge in [0.1, 0.15) is 18.2 Å². The summed E-state index contributed by atoms with van der Waals surface area (Å²) in [5.41, 5.74) is 2.06. The predicted octanol–water partition coefficient (Wildman–Crippen LogP) is 3.44. The van der Waals surface area contributed by atoms with E-state index in [1.54, 1.807) is 17.4 Å². The molecular weight excluding hydrogens is 348 g/mol. The minimum atomic E-state index is -0.123. The summed E-state index contributed by atoms with van der Waals surface area (Å²) in [7, 11) is 0. The SMILES string of the molecule is O=C(C=Cc1nc2ccccc2s1)NCCc1ccc2c(c1)OCCO2. The van der Waals surface area contributed by atoms with Gasteiger partial charge in [-0.05, 0) is 42.3 Å². The second-order valence-electron chi connectivity index (χ2n) is 5.87. The molecule has 132 valence electrons. The average molecular weight is 366 g/mol. The molecule has 3 aromatic rings. The molecule has 2 heterocycles. The van der Waals surface area contributed by atoms with Gasteiger partial charge < -0.3 is 14.8 Å². The number of thiazole rings is 1.